The molecule has 4 heterocycles. The van der Waals surface area contributed by atoms with E-state index in [2.05, 4.69) is 15.5 Å². The van der Waals surface area contributed by atoms with Crippen LogP contribution < -0.4 is 5.32 Å². The number of nitriles is 1. The fourth-order valence-electron chi connectivity index (χ4n) is 3.80. The van der Waals surface area contributed by atoms with Crippen LogP contribution in [0.15, 0.2) is 29.0 Å². The van der Waals surface area contributed by atoms with Crippen molar-refractivity contribution in [2.24, 2.45) is 11.8 Å². The molecule has 0 aromatic carbocycles. The minimum atomic E-state index is -4.57. The molecule has 0 unspecified atom stereocenters. The second-order valence-electron chi connectivity index (χ2n) is 7.26. The molecule has 3 aromatic rings. The highest BCUT2D eigenvalue weighted by Gasteiger charge is 2.52. The zero-order valence-corrected chi connectivity index (χ0v) is 16.1. The summed E-state index contributed by atoms with van der Waals surface area (Å²) >= 11 is 0. The third kappa shape index (κ3) is 3.45. The molecule has 0 bridgehead atoms. The van der Waals surface area contributed by atoms with E-state index in [4.69, 9.17) is 9.78 Å². The molecule has 1 aliphatic heterocycles. The highest BCUT2D eigenvalue weighted by molar-refractivity contribution is 5.92. The predicted molar refractivity (Wildman–Crippen MR) is 99.0 cm³/mol. The minimum absolute atomic E-state index is 0.132. The summed E-state index contributed by atoms with van der Waals surface area (Å²) in [7, 11) is 0. The molecule has 1 N–H and O–H groups in total. The van der Waals surface area contributed by atoms with Crippen LogP contribution in [0.4, 0.5) is 19.0 Å². The molecule has 1 saturated heterocycles. The number of hydrogen-bond acceptors (Lipinski definition) is 6. The topological polar surface area (TPSA) is 99.5 Å². The Kier molecular flexibility index (Phi) is 4.64. The second kappa shape index (κ2) is 7.05. The van der Waals surface area contributed by atoms with Crippen molar-refractivity contribution in [1.82, 2.24) is 19.4 Å². The number of carbonyl (C=O) groups is 1. The average Bonchev–Trinajstić information content (AvgIpc) is 3.37. The number of aryl methyl sites for hydroxylation is 2. The molecule has 0 aliphatic carbocycles. The van der Waals surface area contributed by atoms with Crippen LogP contribution >= 0.6 is 0 Å². The summed E-state index contributed by atoms with van der Waals surface area (Å²) in [6.07, 6.45) is 0.408. The smallest absolute Gasteiger partial charge is 0.361 e. The molecule has 1 aliphatic rings. The van der Waals surface area contributed by atoms with Crippen molar-refractivity contribution in [2.45, 2.75) is 20.0 Å². The Bertz CT molecular complexity index is 1140. The number of imidazole rings is 1. The summed E-state index contributed by atoms with van der Waals surface area (Å²) in [5.74, 6) is -3.31. The molecule has 1 fully saturated rings. The Balaban J connectivity index is 1.58. The Hall–Kier alpha value is -3.55. The van der Waals surface area contributed by atoms with Gasteiger partial charge in [-0.1, -0.05) is 5.16 Å². The van der Waals surface area contributed by atoms with Gasteiger partial charge in [0.05, 0.1) is 23.7 Å². The number of likely N-dealkylation sites (tertiary alicyclic amines) is 1. The van der Waals surface area contributed by atoms with E-state index in [0.29, 0.717) is 11.4 Å². The Morgan fingerprint density at radius 2 is 2.07 bits per heavy atom. The number of rotatable bonds is 3. The summed E-state index contributed by atoms with van der Waals surface area (Å²) < 4.78 is 46.7. The van der Waals surface area contributed by atoms with Gasteiger partial charge in [-0.15, -0.1) is 0 Å². The maximum Gasteiger partial charge on any atom is 0.394 e. The maximum atomic E-state index is 13.3. The van der Waals surface area contributed by atoms with Crippen LogP contribution in [0.25, 0.3) is 16.8 Å². The van der Waals surface area contributed by atoms with E-state index in [1.165, 1.54) is 6.20 Å². The highest BCUT2D eigenvalue weighted by atomic mass is 19.4. The number of amides is 1. The molecule has 8 nitrogen and oxygen atoms in total. The van der Waals surface area contributed by atoms with Crippen molar-refractivity contribution in [3.63, 3.8) is 0 Å². The van der Waals surface area contributed by atoms with Gasteiger partial charge >= 0.3 is 6.18 Å². The van der Waals surface area contributed by atoms with E-state index in [9.17, 15) is 18.0 Å². The van der Waals surface area contributed by atoms with E-state index < -0.39 is 30.5 Å². The van der Waals surface area contributed by atoms with E-state index in [-0.39, 0.29) is 12.4 Å². The second-order valence-corrected chi connectivity index (χ2v) is 7.26. The largest absolute Gasteiger partial charge is 0.394 e. The fourth-order valence-corrected chi connectivity index (χ4v) is 3.80. The monoisotopic (exact) mass is 418 g/mol. The number of alkyl halides is 3. The Morgan fingerprint density at radius 3 is 2.70 bits per heavy atom. The van der Waals surface area contributed by atoms with Crippen LogP contribution in [-0.4, -0.2) is 44.6 Å². The molecule has 3 aromatic heterocycles. The highest BCUT2D eigenvalue weighted by Crippen LogP contribution is 2.38. The molecule has 1 amide bonds. The van der Waals surface area contributed by atoms with E-state index >= 15 is 0 Å². The number of nitrogens with one attached hydrogen (secondary N) is 1. The number of carbonyl (C=O) groups excluding carboxylic acids is 1. The molecule has 0 radical (unpaired) electrons. The van der Waals surface area contributed by atoms with Crippen molar-refractivity contribution >= 4 is 17.4 Å². The summed E-state index contributed by atoms with van der Waals surface area (Å²) in [5, 5.41) is 15.3. The number of anilines is 1. The quantitative estimate of drug-likeness (QED) is 0.656. The van der Waals surface area contributed by atoms with Crippen LogP contribution in [0.1, 0.15) is 11.5 Å². The van der Waals surface area contributed by atoms with Crippen LogP contribution in [0.2, 0.25) is 0 Å². The first-order valence-electron chi connectivity index (χ1n) is 9.11. The molecule has 156 valence electrons. The fraction of sp³-hybridized carbons (Fsp3) is 0.368. The molecule has 0 spiro atoms. The summed E-state index contributed by atoms with van der Waals surface area (Å²) in [6.45, 7) is 2.81. The lowest BCUT2D eigenvalue weighted by molar-refractivity contribution is -0.181. The van der Waals surface area contributed by atoms with Crippen molar-refractivity contribution in [3.05, 3.63) is 36.0 Å². The van der Waals surface area contributed by atoms with E-state index in [1.54, 1.807) is 29.8 Å². The van der Waals surface area contributed by atoms with Gasteiger partial charge in [-0.25, -0.2) is 4.98 Å². The van der Waals surface area contributed by atoms with Crippen LogP contribution in [0.5, 0.6) is 0 Å². The van der Waals surface area contributed by atoms with Gasteiger partial charge in [-0.3, -0.25) is 4.79 Å². The first-order valence-corrected chi connectivity index (χ1v) is 9.11. The molecule has 30 heavy (non-hydrogen) atoms. The molecule has 0 saturated carbocycles. The van der Waals surface area contributed by atoms with Gasteiger partial charge in [0.2, 0.25) is 5.91 Å². The SMILES string of the molecule is Cc1noc(C)c1-c1ccc2nc(NC(=O)[C@H]3CN(C#N)C[C@@H]3C(F)(F)F)cn2c1. The van der Waals surface area contributed by atoms with E-state index in [1.807, 2.05) is 13.0 Å². The van der Waals surface area contributed by atoms with Gasteiger partial charge in [-0.2, -0.15) is 18.4 Å². The van der Waals surface area contributed by atoms with Crippen LogP contribution in [0.3, 0.4) is 0 Å². The summed E-state index contributed by atoms with van der Waals surface area (Å²) in [4.78, 5) is 17.7. The number of pyridine rings is 1. The van der Waals surface area contributed by atoms with Crippen molar-refractivity contribution in [2.75, 3.05) is 18.4 Å². The number of aromatic nitrogens is 3. The van der Waals surface area contributed by atoms with Crippen molar-refractivity contribution < 1.29 is 22.5 Å². The number of halogens is 3. The predicted octanol–water partition coefficient (Wildman–Crippen LogP) is 3.14. The Labute approximate surface area is 168 Å². The zero-order valence-electron chi connectivity index (χ0n) is 16.1. The number of hydrogen-bond donors (Lipinski definition) is 1. The lowest BCUT2D eigenvalue weighted by Gasteiger charge is -2.19. The average molecular weight is 418 g/mol. The molecule has 11 heteroatoms. The maximum absolute atomic E-state index is 13.3. The number of fused-ring (bicyclic) bond motifs is 1. The molecular formula is C19H17F3N6O2. The molecule has 4 rings (SSSR count). The van der Waals surface area contributed by atoms with Gasteiger partial charge in [0.1, 0.15) is 11.4 Å². The number of nitrogens with zero attached hydrogens (tertiary/aromatic N) is 5. The molecular weight excluding hydrogens is 401 g/mol. The standard InChI is InChI=1S/C19H17F3N6O2/c1-10-17(11(2)30-26-10)12-3-4-16-24-15(8-28(16)5-12)25-18(29)13-6-27(9-23)7-14(13)19(20,21)22/h3-5,8,13-14H,6-7H2,1-2H3,(H,25,29)/t13-,14-/m0/s1. The van der Waals surface area contributed by atoms with Gasteiger partial charge in [0.25, 0.3) is 0 Å². The van der Waals surface area contributed by atoms with Crippen molar-refractivity contribution in [1.29, 1.82) is 5.26 Å². The third-order valence-corrected chi connectivity index (χ3v) is 5.24. The van der Waals surface area contributed by atoms with Crippen LogP contribution in [-0.2, 0) is 4.79 Å². The first-order chi connectivity index (χ1) is 14.2. The summed E-state index contributed by atoms with van der Waals surface area (Å²) in [5.41, 5.74) is 2.90. The Morgan fingerprint density at radius 1 is 1.30 bits per heavy atom. The first kappa shape index (κ1) is 19.8. The lowest BCUT2D eigenvalue weighted by atomic mass is 9.94. The minimum Gasteiger partial charge on any atom is -0.361 e. The summed E-state index contributed by atoms with van der Waals surface area (Å²) in [6, 6.07) is 3.55. The van der Waals surface area contributed by atoms with Crippen molar-refractivity contribution in [3.8, 4) is 17.3 Å². The lowest BCUT2D eigenvalue weighted by Crippen LogP contribution is -2.36. The zero-order chi connectivity index (χ0) is 21.6. The molecule has 2 atom stereocenters. The normalized spacial score (nSPS) is 19.3. The van der Waals surface area contributed by atoms with Gasteiger partial charge < -0.3 is 19.1 Å². The van der Waals surface area contributed by atoms with Gasteiger partial charge in [0.15, 0.2) is 12.0 Å². The van der Waals surface area contributed by atoms with Crippen LogP contribution in [0, 0.1) is 37.1 Å². The van der Waals surface area contributed by atoms with Gasteiger partial charge in [-0.05, 0) is 26.0 Å². The third-order valence-electron chi connectivity index (χ3n) is 5.24. The van der Waals surface area contributed by atoms with Gasteiger partial charge in [0, 0.05) is 30.4 Å². The van der Waals surface area contributed by atoms with E-state index in [0.717, 1.165) is 21.7 Å².